The van der Waals surface area contributed by atoms with Crippen molar-refractivity contribution in [3.63, 3.8) is 0 Å². The van der Waals surface area contributed by atoms with Crippen molar-refractivity contribution in [2.75, 3.05) is 13.7 Å². The maximum Gasteiger partial charge on any atom is 0.162 e. The molecule has 2 N–H and O–H groups in total. The van der Waals surface area contributed by atoms with Crippen molar-refractivity contribution < 1.29 is 14.9 Å². The molecule has 2 rings (SSSR count). The molecule has 23 heavy (non-hydrogen) atoms. The Morgan fingerprint density at radius 3 is 2.43 bits per heavy atom. The molecule has 0 amide bonds. The highest BCUT2D eigenvalue weighted by Crippen LogP contribution is 2.30. The lowest BCUT2D eigenvalue weighted by Crippen LogP contribution is -2.31. The molecule has 124 valence electrons. The normalized spacial score (nSPS) is 12.3. The van der Waals surface area contributed by atoms with Gasteiger partial charge in [0.2, 0.25) is 0 Å². The maximum absolute atomic E-state index is 10.3. The second-order valence-electron chi connectivity index (χ2n) is 5.69. The van der Waals surface area contributed by atoms with Crippen molar-refractivity contribution in [3.05, 3.63) is 59.7 Å². The van der Waals surface area contributed by atoms with Crippen molar-refractivity contribution in [1.29, 1.82) is 0 Å². The van der Waals surface area contributed by atoms with Gasteiger partial charge in [-0.15, -0.1) is 0 Å². The number of aromatic hydroxyl groups is 1. The molecule has 2 aromatic rings. The molecule has 1 atom stereocenters. The van der Waals surface area contributed by atoms with E-state index in [0.29, 0.717) is 31.8 Å². The fourth-order valence-electron chi connectivity index (χ4n) is 2.55. The summed E-state index contributed by atoms with van der Waals surface area (Å²) >= 11 is 0. The van der Waals surface area contributed by atoms with Crippen LogP contribution in [0.2, 0.25) is 0 Å². The number of aliphatic hydroxyl groups excluding tert-OH is 1. The fraction of sp³-hybridized carbons (Fsp3) is 0.368. The average molecular weight is 315 g/mol. The summed E-state index contributed by atoms with van der Waals surface area (Å²) < 4.78 is 5.17. The highest BCUT2D eigenvalue weighted by Gasteiger charge is 2.15. The third-order valence-electron chi connectivity index (χ3n) is 3.89. The Bertz CT molecular complexity index is 601. The fourth-order valence-corrected chi connectivity index (χ4v) is 2.55. The van der Waals surface area contributed by atoms with Gasteiger partial charge < -0.3 is 14.9 Å². The number of para-hydroxylation sites is 1. The molecule has 0 radical (unpaired) electrons. The summed E-state index contributed by atoms with van der Waals surface area (Å²) in [6, 6.07) is 15.6. The zero-order valence-corrected chi connectivity index (χ0v) is 13.8. The molecule has 4 heteroatoms. The standard InChI is InChI=1S/C19H25NO3/c1-3-17(21)14-20(12-15-8-5-4-6-9-15)13-16-10-7-11-18(23-2)19(16)22/h4-11,17,21-22H,3,12-14H2,1-2H3. The van der Waals surface area contributed by atoms with E-state index in [0.717, 1.165) is 5.56 Å². The third-order valence-corrected chi connectivity index (χ3v) is 3.89. The van der Waals surface area contributed by atoms with Crippen LogP contribution in [-0.4, -0.2) is 34.9 Å². The smallest absolute Gasteiger partial charge is 0.162 e. The lowest BCUT2D eigenvalue weighted by Gasteiger charge is -2.25. The van der Waals surface area contributed by atoms with E-state index in [-0.39, 0.29) is 11.9 Å². The van der Waals surface area contributed by atoms with Gasteiger partial charge in [0.25, 0.3) is 0 Å². The zero-order valence-electron chi connectivity index (χ0n) is 13.8. The van der Waals surface area contributed by atoms with Gasteiger partial charge in [0.05, 0.1) is 13.2 Å². The van der Waals surface area contributed by atoms with Crippen LogP contribution in [0.15, 0.2) is 48.5 Å². The van der Waals surface area contributed by atoms with E-state index >= 15 is 0 Å². The van der Waals surface area contributed by atoms with Gasteiger partial charge in [0, 0.05) is 25.2 Å². The maximum atomic E-state index is 10.3. The van der Waals surface area contributed by atoms with Crippen molar-refractivity contribution in [2.45, 2.75) is 32.5 Å². The highest BCUT2D eigenvalue weighted by atomic mass is 16.5. The molecule has 0 aliphatic heterocycles. The summed E-state index contributed by atoms with van der Waals surface area (Å²) in [6.45, 7) is 3.79. The lowest BCUT2D eigenvalue weighted by atomic mass is 10.1. The number of ether oxygens (including phenoxy) is 1. The molecule has 0 fully saturated rings. The van der Waals surface area contributed by atoms with Crippen LogP contribution in [0, 0.1) is 0 Å². The topological polar surface area (TPSA) is 52.9 Å². The first-order chi connectivity index (χ1) is 11.1. The van der Waals surface area contributed by atoms with E-state index in [2.05, 4.69) is 17.0 Å². The van der Waals surface area contributed by atoms with Crippen molar-refractivity contribution in [2.24, 2.45) is 0 Å². The number of phenolic OH excluding ortho intramolecular Hbond substituents is 1. The van der Waals surface area contributed by atoms with E-state index in [9.17, 15) is 10.2 Å². The molecule has 4 nitrogen and oxygen atoms in total. The molecular weight excluding hydrogens is 290 g/mol. The number of nitrogens with zero attached hydrogens (tertiary/aromatic N) is 1. The van der Waals surface area contributed by atoms with E-state index in [1.807, 2.05) is 37.3 Å². The van der Waals surface area contributed by atoms with Crippen LogP contribution < -0.4 is 4.74 Å². The number of hydrogen-bond donors (Lipinski definition) is 2. The van der Waals surface area contributed by atoms with Gasteiger partial charge in [-0.2, -0.15) is 0 Å². The molecule has 0 spiro atoms. The van der Waals surface area contributed by atoms with Gasteiger partial charge in [-0.3, -0.25) is 4.90 Å². The minimum atomic E-state index is -0.383. The molecule has 0 aromatic heterocycles. The Morgan fingerprint density at radius 2 is 1.78 bits per heavy atom. The molecule has 0 saturated carbocycles. The third kappa shape index (κ3) is 4.98. The first-order valence-electron chi connectivity index (χ1n) is 7.93. The first kappa shape index (κ1) is 17.3. The number of rotatable bonds is 8. The van der Waals surface area contributed by atoms with Gasteiger partial charge in [0.15, 0.2) is 11.5 Å². The molecule has 0 saturated heterocycles. The minimum Gasteiger partial charge on any atom is -0.504 e. The van der Waals surface area contributed by atoms with E-state index in [4.69, 9.17) is 4.74 Å². The number of phenols is 1. The van der Waals surface area contributed by atoms with Crippen molar-refractivity contribution in [3.8, 4) is 11.5 Å². The predicted molar refractivity (Wildman–Crippen MR) is 91.5 cm³/mol. The average Bonchev–Trinajstić information content (AvgIpc) is 2.57. The quantitative estimate of drug-likeness (QED) is 0.785. The predicted octanol–water partition coefficient (Wildman–Crippen LogP) is 3.17. The second kappa shape index (κ2) is 8.56. The molecule has 0 heterocycles. The summed E-state index contributed by atoms with van der Waals surface area (Å²) in [6.07, 6.45) is 0.321. The van der Waals surface area contributed by atoms with Crippen LogP contribution >= 0.6 is 0 Å². The van der Waals surface area contributed by atoms with Gasteiger partial charge in [-0.05, 0) is 18.1 Å². The molecular formula is C19H25NO3. The summed E-state index contributed by atoms with van der Waals surface area (Å²) in [4.78, 5) is 2.14. The zero-order chi connectivity index (χ0) is 16.7. The van der Waals surface area contributed by atoms with Crippen LogP contribution in [0.25, 0.3) is 0 Å². The van der Waals surface area contributed by atoms with Gasteiger partial charge >= 0.3 is 0 Å². The first-order valence-corrected chi connectivity index (χ1v) is 7.93. The van der Waals surface area contributed by atoms with Crippen LogP contribution in [0.3, 0.4) is 0 Å². The number of benzene rings is 2. The summed E-state index contributed by atoms with van der Waals surface area (Å²) in [5.74, 6) is 0.636. The number of hydrogen-bond acceptors (Lipinski definition) is 4. The Kier molecular flexibility index (Phi) is 6.44. The Labute approximate surface area is 138 Å². The summed E-state index contributed by atoms with van der Waals surface area (Å²) in [7, 11) is 1.54. The molecule has 2 aromatic carbocycles. The SMILES string of the molecule is CCC(O)CN(Cc1ccccc1)Cc1cccc(OC)c1O. The Hall–Kier alpha value is -2.04. The van der Waals surface area contributed by atoms with E-state index in [1.165, 1.54) is 5.56 Å². The Balaban J connectivity index is 2.17. The van der Waals surface area contributed by atoms with Crippen LogP contribution in [0.1, 0.15) is 24.5 Å². The van der Waals surface area contributed by atoms with Gasteiger partial charge in [0.1, 0.15) is 0 Å². The molecule has 0 bridgehead atoms. The monoisotopic (exact) mass is 315 g/mol. The van der Waals surface area contributed by atoms with E-state index < -0.39 is 0 Å². The van der Waals surface area contributed by atoms with Gasteiger partial charge in [-0.1, -0.05) is 49.4 Å². The molecule has 1 unspecified atom stereocenters. The van der Waals surface area contributed by atoms with E-state index in [1.54, 1.807) is 13.2 Å². The summed E-state index contributed by atoms with van der Waals surface area (Å²) in [5, 5.41) is 20.3. The van der Waals surface area contributed by atoms with Gasteiger partial charge in [-0.25, -0.2) is 0 Å². The largest absolute Gasteiger partial charge is 0.504 e. The van der Waals surface area contributed by atoms with Crippen LogP contribution in [0.5, 0.6) is 11.5 Å². The second-order valence-corrected chi connectivity index (χ2v) is 5.69. The molecule has 0 aliphatic rings. The lowest BCUT2D eigenvalue weighted by molar-refractivity contribution is 0.101. The number of aliphatic hydroxyl groups is 1. The molecule has 0 aliphatic carbocycles. The highest BCUT2D eigenvalue weighted by molar-refractivity contribution is 5.45. The summed E-state index contributed by atoms with van der Waals surface area (Å²) in [5.41, 5.74) is 1.97. The minimum absolute atomic E-state index is 0.166. The number of methoxy groups -OCH3 is 1. The Morgan fingerprint density at radius 1 is 1.04 bits per heavy atom. The van der Waals surface area contributed by atoms with Crippen molar-refractivity contribution in [1.82, 2.24) is 4.90 Å². The van der Waals surface area contributed by atoms with Crippen molar-refractivity contribution >= 4 is 0 Å². The van der Waals surface area contributed by atoms with Crippen LogP contribution in [0.4, 0.5) is 0 Å². The van der Waals surface area contributed by atoms with Crippen LogP contribution in [-0.2, 0) is 13.1 Å².